The summed E-state index contributed by atoms with van der Waals surface area (Å²) in [5, 5.41) is 17.1. The van der Waals surface area contributed by atoms with Crippen LogP contribution in [0.2, 0.25) is 0 Å². The molecule has 0 radical (unpaired) electrons. The molecule has 5 rings (SSSR count). The smallest absolute Gasteiger partial charge is 0.335 e. The number of carboxylic acid groups (broad SMARTS) is 1. The van der Waals surface area contributed by atoms with Crippen LogP contribution in [-0.4, -0.2) is 49.1 Å². The number of aryl methyl sites for hydroxylation is 1. The van der Waals surface area contributed by atoms with Crippen LogP contribution in [0, 0.1) is 0 Å². The van der Waals surface area contributed by atoms with Crippen molar-refractivity contribution in [2.24, 2.45) is 5.73 Å². The number of hydrogen-bond donors (Lipinski definition) is 4. The molecule has 2 heterocycles. The molecule has 2 aromatic heterocycles. The molecule has 0 fully saturated rings. The summed E-state index contributed by atoms with van der Waals surface area (Å²) < 4.78 is 0. The summed E-state index contributed by atoms with van der Waals surface area (Å²) in [7, 11) is 0. The lowest BCUT2D eigenvalue weighted by atomic mass is 9.90. The second kappa shape index (κ2) is 12.3. The van der Waals surface area contributed by atoms with Gasteiger partial charge in [-0.05, 0) is 93.2 Å². The maximum absolute atomic E-state index is 10.2. The lowest BCUT2D eigenvalue weighted by Gasteiger charge is -2.34. The molecule has 36 heavy (non-hydrogen) atoms. The van der Waals surface area contributed by atoms with Gasteiger partial charge in [-0.1, -0.05) is 18.2 Å². The van der Waals surface area contributed by atoms with Gasteiger partial charge in [0.15, 0.2) is 0 Å². The molecule has 0 saturated carbocycles. The van der Waals surface area contributed by atoms with Crippen LogP contribution in [0.4, 0.5) is 0 Å². The zero-order valence-electron chi connectivity index (χ0n) is 20.3. The minimum Gasteiger partial charge on any atom is -0.508 e. The Morgan fingerprint density at radius 3 is 2.64 bits per heavy atom. The first-order valence-electron chi connectivity index (χ1n) is 12.4. The fourth-order valence-corrected chi connectivity index (χ4v) is 4.62. The molecule has 2 aromatic carbocycles. The Labute approximate surface area is 210 Å². The van der Waals surface area contributed by atoms with Gasteiger partial charge in [0.25, 0.3) is 0 Å². The van der Waals surface area contributed by atoms with Crippen molar-refractivity contribution in [1.29, 1.82) is 0 Å². The van der Waals surface area contributed by atoms with E-state index in [1.165, 1.54) is 41.9 Å². The zero-order valence-corrected chi connectivity index (χ0v) is 20.3. The van der Waals surface area contributed by atoms with Crippen molar-refractivity contribution in [3.63, 3.8) is 0 Å². The maximum Gasteiger partial charge on any atom is 0.335 e. The molecule has 1 aliphatic carbocycles. The van der Waals surface area contributed by atoms with E-state index in [9.17, 15) is 4.79 Å². The van der Waals surface area contributed by atoms with E-state index < -0.39 is 5.97 Å². The Hall–Kier alpha value is -3.75. The number of para-hydroxylation sites is 2. The minimum absolute atomic E-state index is 0.0741. The molecule has 5 N–H and O–H groups in total. The molecule has 4 aromatic rings. The van der Waals surface area contributed by atoms with Gasteiger partial charge in [-0.15, -0.1) is 0 Å². The molecule has 1 aliphatic rings. The Morgan fingerprint density at radius 2 is 1.89 bits per heavy atom. The summed E-state index contributed by atoms with van der Waals surface area (Å²) in [5.41, 5.74) is 10.7. The number of nitrogens with two attached hydrogens (primary N) is 1. The molecule has 1 atom stereocenters. The number of aromatic amines is 1. The molecule has 0 amide bonds. The van der Waals surface area contributed by atoms with Crippen molar-refractivity contribution in [2.75, 3.05) is 13.1 Å². The number of pyridine rings is 1. The van der Waals surface area contributed by atoms with Gasteiger partial charge in [-0.25, -0.2) is 9.78 Å². The van der Waals surface area contributed by atoms with Gasteiger partial charge in [0.05, 0.1) is 34.9 Å². The Bertz CT molecular complexity index is 1240. The number of fused-ring (bicyclic) bond motifs is 2. The molecule has 8 nitrogen and oxygen atoms in total. The third-order valence-electron chi connectivity index (χ3n) is 6.41. The first kappa shape index (κ1) is 25.3. The van der Waals surface area contributed by atoms with E-state index >= 15 is 0 Å². The normalized spacial score (nSPS) is 14.8. The fourth-order valence-electron chi connectivity index (χ4n) is 4.62. The first-order chi connectivity index (χ1) is 17.5. The number of rotatable bonds is 8. The number of H-pyrrole nitrogens is 1. The predicted molar refractivity (Wildman–Crippen MR) is 140 cm³/mol. The summed E-state index contributed by atoms with van der Waals surface area (Å²) in [6, 6.07) is 18.2. The predicted octanol–water partition coefficient (Wildman–Crippen LogP) is 4.67. The Morgan fingerprint density at radius 1 is 1.08 bits per heavy atom. The van der Waals surface area contributed by atoms with Gasteiger partial charge in [-0.3, -0.25) is 9.88 Å². The topological polar surface area (TPSA) is 128 Å². The monoisotopic (exact) mass is 487 g/mol. The highest BCUT2D eigenvalue weighted by Gasteiger charge is 2.27. The van der Waals surface area contributed by atoms with Crippen LogP contribution >= 0.6 is 0 Å². The Balaban J connectivity index is 0.000000256. The van der Waals surface area contributed by atoms with Crippen LogP contribution in [-0.2, 0) is 13.0 Å². The maximum atomic E-state index is 10.2. The molecule has 0 unspecified atom stereocenters. The van der Waals surface area contributed by atoms with Crippen LogP contribution in [0.5, 0.6) is 5.75 Å². The number of imidazole rings is 1. The number of aromatic nitrogens is 3. The number of aromatic carboxylic acids is 1. The van der Waals surface area contributed by atoms with Crippen molar-refractivity contribution in [3.05, 3.63) is 89.5 Å². The standard InChI is InChI=1S/C21H27N5.C7H6O3/c22-12-3-4-14-26(15-20-24-17-9-1-2-10-18(17)25-20)19-11-5-7-16-8-6-13-23-21(16)19;8-6-3-1-5(2-4-6)7(9)10/h1-2,6,8-10,13,19H,3-5,7,11-12,14-15,22H2,(H,24,25);1-4,8H,(H,9,10)/t19-;/m0./s1. The second-order valence-corrected chi connectivity index (χ2v) is 8.97. The number of nitrogens with zero attached hydrogens (tertiary/aromatic N) is 3. The number of carboxylic acids is 1. The average Bonchev–Trinajstić information content (AvgIpc) is 3.31. The van der Waals surface area contributed by atoms with Crippen molar-refractivity contribution in [3.8, 4) is 5.75 Å². The number of carbonyl (C=O) groups is 1. The van der Waals surface area contributed by atoms with Crippen LogP contribution in [0.25, 0.3) is 11.0 Å². The van der Waals surface area contributed by atoms with Gasteiger partial charge in [-0.2, -0.15) is 0 Å². The minimum atomic E-state index is -0.986. The molecule has 0 spiro atoms. The van der Waals surface area contributed by atoms with Gasteiger partial charge >= 0.3 is 5.97 Å². The molecular formula is C28H33N5O3. The van der Waals surface area contributed by atoms with Gasteiger partial charge in [0.1, 0.15) is 11.6 Å². The van der Waals surface area contributed by atoms with Crippen LogP contribution in [0.15, 0.2) is 66.9 Å². The van der Waals surface area contributed by atoms with E-state index in [1.807, 2.05) is 18.3 Å². The van der Waals surface area contributed by atoms with Crippen LogP contribution in [0.3, 0.4) is 0 Å². The fraction of sp³-hybridized carbons (Fsp3) is 0.321. The summed E-state index contributed by atoms with van der Waals surface area (Å²) >= 11 is 0. The summed E-state index contributed by atoms with van der Waals surface area (Å²) in [5.74, 6) is 0.118. The molecular weight excluding hydrogens is 454 g/mol. The van der Waals surface area contributed by atoms with Gasteiger partial charge in [0, 0.05) is 6.20 Å². The van der Waals surface area contributed by atoms with E-state index in [0.717, 1.165) is 62.2 Å². The number of phenolic OH excluding ortho intramolecular Hbond substituents is 1. The number of phenols is 1. The van der Waals surface area contributed by atoms with Crippen LogP contribution < -0.4 is 5.73 Å². The highest BCUT2D eigenvalue weighted by Crippen LogP contribution is 2.33. The quantitative estimate of drug-likeness (QED) is 0.266. The highest BCUT2D eigenvalue weighted by molar-refractivity contribution is 5.87. The lowest BCUT2D eigenvalue weighted by molar-refractivity contribution is 0.0697. The summed E-state index contributed by atoms with van der Waals surface area (Å²) in [6.07, 6.45) is 7.61. The third kappa shape index (κ3) is 6.47. The SMILES string of the molecule is NCCCCN(Cc1nc2ccccc2[nH]1)[C@H]1CCCc2cccnc21.O=C(O)c1ccc(O)cc1. The van der Waals surface area contributed by atoms with Gasteiger partial charge in [0.2, 0.25) is 0 Å². The van der Waals surface area contributed by atoms with E-state index in [2.05, 4.69) is 34.1 Å². The molecule has 0 saturated heterocycles. The molecule has 188 valence electrons. The van der Waals surface area contributed by atoms with Crippen molar-refractivity contribution in [2.45, 2.75) is 44.7 Å². The highest BCUT2D eigenvalue weighted by atomic mass is 16.4. The summed E-state index contributed by atoms with van der Waals surface area (Å²) in [4.78, 5) is 25.8. The Kier molecular flexibility index (Phi) is 8.65. The van der Waals surface area contributed by atoms with Crippen molar-refractivity contribution < 1.29 is 15.0 Å². The van der Waals surface area contributed by atoms with E-state index in [1.54, 1.807) is 0 Å². The lowest BCUT2D eigenvalue weighted by Crippen LogP contribution is -2.33. The largest absolute Gasteiger partial charge is 0.508 e. The number of aromatic hydroxyl groups is 1. The van der Waals surface area contributed by atoms with E-state index in [-0.39, 0.29) is 11.3 Å². The van der Waals surface area contributed by atoms with E-state index in [0.29, 0.717) is 6.04 Å². The summed E-state index contributed by atoms with van der Waals surface area (Å²) in [6.45, 7) is 2.59. The molecule has 8 heteroatoms. The third-order valence-corrected chi connectivity index (χ3v) is 6.41. The van der Waals surface area contributed by atoms with Crippen molar-refractivity contribution in [1.82, 2.24) is 19.9 Å². The van der Waals surface area contributed by atoms with Crippen molar-refractivity contribution >= 4 is 17.0 Å². The number of hydrogen-bond acceptors (Lipinski definition) is 6. The number of unbranched alkanes of at least 4 members (excludes halogenated alkanes) is 1. The number of benzene rings is 2. The zero-order chi connectivity index (χ0) is 25.3. The number of nitrogens with one attached hydrogen (secondary N) is 1. The second-order valence-electron chi connectivity index (χ2n) is 8.97. The molecule has 0 bridgehead atoms. The molecule has 0 aliphatic heterocycles. The van der Waals surface area contributed by atoms with Crippen LogP contribution in [0.1, 0.15) is 59.2 Å². The van der Waals surface area contributed by atoms with E-state index in [4.69, 9.17) is 25.9 Å². The van der Waals surface area contributed by atoms with Gasteiger partial charge < -0.3 is 20.9 Å². The first-order valence-corrected chi connectivity index (χ1v) is 12.4. The average molecular weight is 488 g/mol.